The molecular formula is C15H23FN2. The van der Waals surface area contributed by atoms with Gasteiger partial charge >= 0.3 is 0 Å². The van der Waals surface area contributed by atoms with Crippen molar-refractivity contribution in [2.24, 2.45) is 5.92 Å². The van der Waals surface area contributed by atoms with Crippen LogP contribution in [0.5, 0.6) is 0 Å². The average Bonchev–Trinajstić information content (AvgIpc) is 2.39. The van der Waals surface area contributed by atoms with Crippen LogP contribution in [0.25, 0.3) is 0 Å². The van der Waals surface area contributed by atoms with Gasteiger partial charge in [0.05, 0.1) is 6.20 Å². The Morgan fingerprint density at radius 2 is 2.11 bits per heavy atom. The first kappa shape index (κ1) is 13.5. The summed E-state index contributed by atoms with van der Waals surface area (Å²) in [6.45, 7) is 3.01. The highest BCUT2D eigenvalue weighted by atomic mass is 19.1. The molecule has 1 aliphatic rings. The topological polar surface area (TPSA) is 24.9 Å². The molecule has 2 nitrogen and oxygen atoms in total. The van der Waals surface area contributed by atoms with E-state index in [2.05, 4.69) is 17.2 Å². The molecule has 1 saturated carbocycles. The van der Waals surface area contributed by atoms with Gasteiger partial charge in [0.15, 0.2) is 0 Å². The first-order valence-corrected chi connectivity index (χ1v) is 7.13. The summed E-state index contributed by atoms with van der Waals surface area (Å²) in [6, 6.07) is 1.87. The molecular weight excluding hydrogens is 227 g/mol. The summed E-state index contributed by atoms with van der Waals surface area (Å²) in [5.41, 5.74) is 0.988. The molecule has 1 N–H and O–H groups in total. The minimum atomic E-state index is -0.237. The SMILES string of the molecule is CCNC(CC1CCCCC1)c1cncc(F)c1. The molecule has 18 heavy (non-hydrogen) atoms. The second-order valence-corrected chi connectivity index (χ2v) is 5.29. The Hall–Kier alpha value is -0.960. The van der Waals surface area contributed by atoms with Crippen molar-refractivity contribution in [1.29, 1.82) is 0 Å². The molecule has 0 saturated heterocycles. The smallest absolute Gasteiger partial charge is 0.141 e. The first-order valence-electron chi connectivity index (χ1n) is 7.13. The molecule has 1 heterocycles. The van der Waals surface area contributed by atoms with E-state index < -0.39 is 0 Å². The van der Waals surface area contributed by atoms with Gasteiger partial charge in [-0.05, 0) is 30.5 Å². The lowest BCUT2D eigenvalue weighted by Crippen LogP contribution is -2.24. The Bertz CT molecular complexity index is 361. The maximum atomic E-state index is 13.3. The molecule has 3 heteroatoms. The molecule has 0 aliphatic heterocycles. The van der Waals surface area contributed by atoms with Crippen LogP contribution < -0.4 is 5.32 Å². The molecule has 1 aromatic rings. The second kappa shape index (κ2) is 6.83. The lowest BCUT2D eigenvalue weighted by molar-refractivity contribution is 0.301. The number of rotatable bonds is 5. The fourth-order valence-corrected chi connectivity index (χ4v) is 2.96. The molecule has 1 aromatic heterocycles. The summed E-state index contributed by atoms with van der Waals surface area (Å²) in [7, 11) is 0. The molecule has 2 rings (SSSR count). The van der Waals surface area contributed by atoms with E-state index in [-0.39, 0.29) is 11.9 Å². The van der Waals surface area contributed by atoms with Crippen LogP contribution in [0.1, 0.15) is 57.1 Å². The Labute approximate surface area is 109 Å². The van der Waals surface area contributed by atoms with Crippen molar-refractivity contribution in [1.82, 2.24) is 10.3 Å². The minimum Gasteiger partial charge on any atom is -0.310 e. The zero-order chi connectivity index (χ0) is 12.8. The van der Waals surface area contributed by atoms with Gasteiger partial charge in [-0.25, -0.2) is 4.39 Å². The fourth-order valence-electron chi connectivity index (χ4n) is 2.96. The maximum Gasteiger partial charge on any atom is 0.141 e. The third-order valence-corrected chi connectivity index (χ3v) is 3.87. The number of nitrogens with one attached hydrogen (secondary N) is 1. The van der Waals surface area contributed by atoms with Crippen molar-refractivity contribution in [2.45, 2.75) is 51.5 Å². The largest absolute Gasteiger partial charge is 0.310 e. The molecule has 0 aromatic carbocycles. The van der Waals surface area contributed by atoms with Crippen molar-refractivity contribution in [3.63, 3.8) is 0 Å². The fraction of sp³-hybridized carbons (Fsp3) is 0.667. The van der Waals surface area contributed by atoms with Gasteiger partial charge < -0.3 is 5.32 Å². The van der Waals surface area contributed by atoms with E-state index in [9.17, 15) is 4.39 Å². The van der Waals surface area contributed by atoms with Crippen molar-refractivity contribution in [2.75, 3.05) is 6.54 Å². The molecule has 1 unspecified atom stereocenters. The van der Waals surface area contributed by atoms with E-state index in [1.54, 1.807) is 12.3 Å². The van der Waals surface area contributed by atoms with Crippen LogP contribution in [0.4, 0.5) is 4.39 Å². The number of hydrogen-bond donors (Lipinski definition) is 1. The molecule has 100 valence electrons. The van der Waals surface area contributed by atoms with E-state index in [1.807, 2.05) is 0 Å². The maximum absolute atomic E-state index is 13.3. The second-order valence-electron chi connectivity index (χ2n) is 5.29. The van der Waals surface area contributed by atoms with E-state index in [1.165, 1.54) is 38.3 Å². The molecule has 0 radical (unpaired) electrons. The van der Waals surface area contributed by atoms with Gasteiger partial charge in [-0.3, -0.25) is 4.98 Å². The van der Waals surface area contributed by atoms with Crippen LogP contribution in [0.15, 0.2) is 18.5 Å². The summed E-state index contributed by atoms with van der Waals surface area (Å²) in [5, 5.41) is 3.47. The van der Waals surface area contributed by atoms with Gasteiger partial charge in [-0.15, -0.1) is 0 Å². The number of nitrogens with zero attached hydrogens (tertiary/aromatic N) is 1. The van der Waals surface area contributed by atoms with Crippen molar-refractivity contribution in [3.05, 3.63) is 29.8 Å². The van der Waals surface area contributed by atoms with Crippen LogP contribution in [0.3, 0.4) is 0 Å². The zero-order valence-electron chi connectivity index (χ0n) is 11.2. The molecule has 1 fully saturated rings. The predicted molar refractivity (Wildman–Crippen MR) is 71.8 cm³/mol. The van der Waals surface area contributed by atoms with Crippen LogP contribution in [0, 0.1) is 11.7 Å². The van der Waals surface area contributed by atoms with Gasteiger partial charge in [0.2, 0.25) is 0 Å². The molecule has 1 aliphatic carbocycles. The number of halogens is 1. The monoisotopic (exact) mass is 250 g/mol. The Balaban J connectivity index is 2.02. The predicted octanol–water partition coefficient (Wildman–Crippen LogP) is 3.84. The van der Waals surface area contributed by atoms with Crippen LogP contribution in [-0.2, 0) is 0 Å². The van der Waals surface area contributed by atoms with Crippen LogP contribution >= 0.6 is 0 Å². The van der Waals surface area contributed by atoms with Crippen LogP contribution in [-0.4, -0.2) is 11.5 Å². The Morgan fingerprint density at radius 1 is 1.33 bits per heavy atom. The van der Waals surface area contributed by atoms with E-state index >= 15 is 0 Å². The molecule has 0 bridgehead atoms. The summed E-state index contributed by atoms with van der Waals surface area (Å²) in [5.74, 6) is 0.546. The van der Waals surface area contributed by atoms with Crippen molar-refractivity contribution in [3.8, 4) is 0 Å². The lowest BCUT2D eigenvalue weighted by Gasteiger charge is -2.27. The van der Waals surface area contributed by atoms with Crippen LogP contribution in [0.2, 0.25) is 0 Å². The lowest BCUT2D eigenvalue weighted by atomic mass is 9.83. The first-order chi connectivity index (χ1) is 8.79. The van der Waals surface area contributed by atoms with Gasteiger partial charge in [0, 0.05) is 12.2 Å². The quantitative estimate of drug-likeness (QED) is 0.858. The highest BCUT2D eigenvalue weighted by Crippen LogP contribution is 2.31. The number of pyridine rings is 1. The minimum absolute atomic E-state index is 0.237. The molecule has 0 amide bonds. The zero-order valence-corrected chi connectivity index (χ0v) is 11.2. The highest BCUT2D eigenvalue weighted by molar-refractivity contribution is 5.15. The Kier molecular flexibility index (Phi) is 5.12. The van der Waals surface area contributed by atoms with E-state index in [0.717, 1.165) is 24.4 Å². The summed E-state index contributed by atoms with van der Waals surface area (Å²) >= 11 is 0. The van der Waals surface area contributed by atoms with E-state index in [0.29, 0.717) is 0 Å². The van der Waals surface area contributed by atoms with Gasteiger partial charge in [-0.1, -0.05) is 39.0 Å². The summed E-state index contributed by atoms with van der Waals surface area (Å²) in [4.78, 5) is 3.97. The normalized spacial score (nSPS) is 18.8. The van der Waals surface area contributed by atoms with Gasteiger partial charge in [0.25, 0.3) is 0 Å². The number of aromatic nitrogens is 1. The Morgan fingerprint density at radius 3 is 2.78 bits per heavy atom. The third-order valence-electron chi connectivity index (χ3n) is 3.87. The average molecular weight is 250 g/mol. The number of hydrogen-bond acceptors (Lipinski definition) is 2. The standard InChI is InChI=1S/C15H23FN2/c1-2-18-15(8-12-6-4-3-5-7-12)13-9-14(16)11-17-10-13/h9-12,15,18H,2-8H2,1H3. The summed E-state index contributed by atoms with van der Waals surface area (Å²) < 4.78 is 13.3. The van der Waals surface area contributed by atoms with Crippen molar-refractivity contribution < 1.29 is 4.39 Å². The summed E-state index contributed by atoms with van der Waals surface area (Å²) in [6.07, 6.45) is 10.9. The van der Waals surface area contributed by atoms with Crippen molar-refractivity contribution >= 4 is 0 Å². The van der Waals surface area contributed by atoms with E-state index in [4.69, 9.17) is 0 Å². The van der Waals surface area contributed by atoms with Gasteiger partial charge in [0.1, 0.15) is 5.82 Å². The molecule has 0 spiro atoms. The van der Waals surface area contributed by atoms with Gasteiger partial charge in [-0.2, -0.15) is 0 Å². The highest BCUT2D eigenvalue weighted by Gasteiger charge is 2.20. The third kappa shape index (κ3) is 3.77. The molecule has 1 atom stereocenters.